The number of hydrogen-bond donors (Lipinski definition) is 3. The van der Waals surface area contributed by atoms with Crippen LogP contribution in [0.5, 0.6) is 0 Å². The maximum Gasteiger partial charge on any atom is 0.309 e. The number of benzene rings is 1. The van der Waals surface area contributed by atoms with Gasteiger partial charge in [-0.1, -0.05) is 32.9 Å². The fourth-order valence-corrected chi connectivity index (χ4v) is 2.08. The van der Waals surface area contributed by atoms with Crippen molar-refractivity contribution in [3.63, 3.8) is 0 Å². The minimum atomic E-state index is -0.972. The molecule has 0 heterocycles. The lowest BCUT2D eigenvalue weighted by Gasteiger charge is -2.27. The topological polar surface area (TPSA) is 83.5 Å². The molecule has 1 aromatic carbocycles. The molecule has 0 radical (unpaired) electrons. The van der Waals surface area contributed by atoms with Crippen molar-refractivity contribution in [2.24, 2.45) is 11.8 Å². The van der Waals surface area contributed by atoms with Crippen molar-refractivity contribution in [1.29, 1.82) is 0 Å². The average molecular weight is 251 g/mol. The van der Waals surface area contributed by atoms with Gasteiger partial charge in [0.25, 0.3) is 0 Å². The van der Waals surface area contributed by atoms with Gasteiger partial charge in [-0.2, -0.15) is 0 Å². The van der Waals surface area contributed by atoms with Crippen LogP contribution in [-0.4, -0.2) is 22.3 Å². The molecular formula is C14H21NO3. The van der Waals surface area contributed by atoms with E-state index in [-0.39, 0.29) is 11.8 Å². The van der Waals surface area contributed by atoms with E-state index in [1.807, 2.05) is 32.9 Å². The summed E-state index contributed by atoms with van der Waals surface area (Å²) in [5.74, 6) is -2.14. The van der Waals surface area contributed by atoms with Crippen LogP contribution in [0.2, 0.25) is 0 Å². The average Bonchev–Trinajstić information content (AvgIpc) is 2.29. The largest absolute Gasteiger partial charge is 0.481 e. The fourth-order valence-electron chi connectivity index (χ4n) is 2.08. The van der Waals surface area contributed by atoms with Gasteiger partial charge in [0.15, 0.2) is 0 Å². The SMILES string of the molecule is CC(C)C(O)C(C(=O)O)C(C)c1ccc(N)cc1. The number of carboxylic acid groups (broad SMARTS) is 1. The monoisotopic (exact) mass is 251 g/mol. The van der Waals surface area contributed by atoms with Crippen molar-refractivity contribution in [2.45, 2.75) is 32.8 Å². The summed E-state index contributed by atoms with van der Waals surface area (Å²) in [4.78, 5) is 11.3. The van der Waals surface area contributed by atoms with E-state index in [1.165, 1.54) is 0 Å². The van der Waals surface area contributed by atoms with Crippen LogP contribution in [0, 0.1) is 11.8 Å². The quantitative estimate of drug-likeness (QED) is 0.700. The zero-order valence-corrected chi connectivity index (χ0v) is 11.0. The molecule has 4 N–H and O–H groups in total. The molecule has 0 saturated carbocycles. The fraction of sp³-hybridized carbons (Fsp3) is 0.500. The van der Waals surface area contributed by atoms with E-state index in [9.17, 15) is 15.0 Å². The first-order chi connectivity index (χ1) is 8.34. The maximum atomic E-state index is 11.3. The Hall–Kier alpha value is -1.55. The minimum Gasteiger partial charge on any atom is -0.481 e. The number of nitrogen functional groups attached to an aromatic ring is 1. The zero-order valence-electron chi connectivity index (χ0n) is 11.0. The Bertz CT molecular complexity index is 400. The highest BCUT2D eigenvalue weighted by atomic mass is 16.4. The lowest BCUT2D eigenvalue weighted by atomic mass is 9.80. The highest BCUT2D eigenvalue weighted by molar-refractivity contribution is 5.72. The van der Waals surface area contributed by atoms with Gasteiger partial charge in [0, 0.05) is 5.69 Å². The van der Waals surface area contributed by atoms with Crippen LogP contribution in [0.1, 0.15) is 32.3 Å². The Morgan fingerprint density at radius 3 is 2.06 bits per heavy atom. The van der Waals surface area contributed by atoms with E-state index in [1.54, 1.807) is 12.1 Å². The third kappa shape index (κ3) is 3.23. The Morgan fingerprint density at radius 2 is 1.67 bits per heavy atom. The predicted octanol–water partition coefficient (Wildman–Crippen LogP) is 2.09. The number of nitrogens with two attached hydrogens (primary N) is 1. The molecule has 3 unspecified atom stereocenters. The van der Waals surface area contributed by atoms with E-state index < -0.39 is 18.0 Å². The van der Waals surface area contributed by atoms with Gasteiger partial charge in [0.2, 0.25) is 0 Å². The summed E-state index contributed by atoms with van der Waals surface area (Å²) in [6, 6.07) is 7.10. The Kier molecular flexibility index (Phi) is 4.73. The second-order valence-corrected chi connectivity index (χ2v) is 5.05. The van der Waals surface area contributed by atoms with Gasteiger partial charge < -0.3 is 15.9 Å². The van der Waals surface area contributed by atoms with Crippen LogP contribution >= 0.6 is 0 Å². The Balaban J connectivity index is 2.99. The lowest BCUT2D eigenvalue weighted by molar-refractivity contribution is -0.148. The summed E-state index contributed by atoms with van der Waals surface area (Å²) in [7, 11) is 0. The lowest BCUT2D eigenvalue weighted by Crippen LogP contribution is -2.35. The van der Waals surface area contributed by atoms with Gasteiger partial charge in [-0.25, -0.2) is 0 Å². The van der Waals surface area contributed by atoms with E-state index in [0.29, 0.717) is 5.69 Å². The molecule has 4 nitrogen and oxygen atoms in total. The van der Waals surface area contributed by atoms with Crippen LogP contribution in [-0.2, 0) is 4.79 Å². The smallest absolute Gasteiger partial charge is 0.309 e. The van der Waals surface area contributed by atoms with E-state index in [4.69, 9.17) is 5.73 Å². The molecule has 0 aliphatic rings. The van der Waals surface area contributed by atoms with Gasteiger partial charge in [-0.3, -0.25) is 4.79 Å². The molecule has 3 atom stereocenters. The van der Waals surface area contributed by atoms with E-state index in [0.717, 1.165) is 5.56 Å². The first kappa shape index (κ1) is 14.5. The normalized spacial score (nSPS) is 16.3. The summed E-state index contributed by atoms with van der Waals surface area (Å²) in [5, 5.41) is 19.3. The Labute approximate surface area is 107 Å². The van der Waals surface area contributed by atoms with Crippen molar-refractivity contribution in [3.05, 3.63) is 29.8 Å². The first-order valence-corrected chi connectivity index (χ1v) is 6.11. The molecule has 1 rings (SSSR count). The molecule has 0 saturated heterocycles. The van der Waals surface area contributed by atoms with Crippen LogP contribution in [0.15, 0.2) is 24.3 Å². The maximum absolute atomic E-state index is 11.3. The molecule has 0 aliphatic heterocycles. The number of rotatable bonds is 5. The summed E-state index contributed by atoms with van der Waals surface area (Å²) in [6.07, 6.45) is -0.866. The third-order valence-corrected chi connectivity index (χ3v) is 3.34. The highest BCUT2D eigenvalue weighted by Crippen LogP contribution is 2.30. The summed E-state index contributed by atoms with van der Waals surface area (Å²) in [5.41, 5.74) is 7.12. The van der Waals surface area contributed by atoms with Crippen LogP contribution in [0.25, 0.3) is 0 Å². The van der Waals surface area contributed by atoms with Crippen molar-refractivity contribution >= 4 is 11.7 Å². The van der Waals surface area contributed by atoms with Crippen molar-refractivity contribution < 1.29 is 15.0 Å². The highest BCUT2D eigenvalue weighted by Gasteiger charge is 2.34. The minimum absolute atomic E-state index is 0.0951. The molecule has 100 valence electrons. The van der Waals surface area contributed by atoms with Gasteiger partial charge >= 0.3 is 5.97 Å². The molecule has 0 bridgehead atoms. The molecule has 0 fully saturated rings. The standard InChI is InChI=1S/C14H21NO3/c1-8(2)13(16)12(14(17)18)9(3)10-4-6-11(15)7-5-10/h4-9,12-13,16H,15H2,1-3H3,(H,17,18). The van der Waals surface area contributed by atoms with Gasteiger partial charge in [0.1, 0.15) is 0 Å². The zero-order chi connectivity index (χ0) is 13.9. The molecule has 0 aliphatic carbocycles. The molecule has 1 aromatic rings. The number of carbonyl (C=O) groups is 1. The Morgan fingerprint density at radius 1 is 1.17 bits per heavy atom. The van der Waals surface area contributed by atoms with Gasteiger partial charge in [-0.05, 0) is 29.5 Å². The summed E-state index contributed by atoms with van der Waals surface area (Å²) >= 11 is 0. The van der Waals surface area contributed by atoms with E-state index in [2.05, 4.69) is 0 Å². The number of carboxylic acids is 1. The number of aliphatic hydroxyl groups is 1. The van der Waals surface area contributed by atoms with Crippen LogP contribution < -0.4 is 5.73 Å². The molecule has 18 heavy (non-hydrogen) atoms. The summed E-state index contributed by atoms with van der Waals surface area (Å²) < 4.78 is 0. The molecular weight excluding hydrogens is 230 g/mol. The molecule has 0 amide bonds. The molecule has 0 aromatic heterocycles. The van der Waals surface area contributed by atoms with Gasteiger partial charge in [-0.15, -0.1) is 0 Å². The van der Waals surface area contributed by atoms with Crippen LogP contribution in [0.3, 0.4) is 0 Å². The molecule has 4 heteroatoms. The van der Waals surface area contributed by atoms with Gasteiger partial charge in [0.05, 0.1) is 12.0 Å². The van der Waals surface area contributed by atoms with Crippen LogP contribution in [0.4, 0.5) is 5.69 Å². The predicted molar refractivity (Wildman–Crippen MR) is 71.2 cm³/mol. The first-order valence-electron chi connectivity index (χ1n) is 6.11. The molecule has 0 spiro atoms. The summed E-state index contributed by atoms with van der Waals surface area (Å²) in [6.45, 7) is 5.45. The van der Waals surface area contributed by atoms with Crippen molar-refractivity contribution in [3.8, 4) is 0 Å². The number of hydrogen-bond acceptors (Lipinski definition) is 3. The third-order valence-electron chi connectivity index (χ3n) is 3.34. The number of aliphatic hydroxyl groups excluding tert-OH is 1. The van der Waals surface area contributed by atoms with Crippen molar-refractivity contribution in [2.75, 3.05) is 5.73 Å². The number of anilines is 1. The van der Waals surface area contributed by atoms with E-state index >= 15 is 0 Å². The second-order valence-electron chi connectivity index (χ2n) is 5.05. The van der Waals surface area contributed by atoms with Crippen molar-refractivity contribution in [1.82, 2.24) is 0 Å². The number of aliphatic carboxylic acids is 1. The second kappa shape index (κ2) is 5.87.